The third-order valence-corrected chi connectivity index (χ3v) is 5.97. The Morgan fingerprint density at radius 2 is 1.65 bits per heavy atom. The minimum atomic E-state index is -2.82. The van der Waals surface area contributed by atoms with Crippen molar-refractivity contribution in [1.29, 1.82) is 0 Å². The number of sulfone groups is 1. The summed E-state index contributed by atoms with van der Waals surface area (Å²) in [5, 5.41) is 3.37. The van der Waals surface area contributed by atoms with Crippen molar-refractivity contribution in [2.75, 3.05) is 19.1 Å². The average Bonchev–Trinajstić information content (AvgIpc) is 2.52. The van der Waals surface area contributed by atoms with E-state index in [9.17, 15) is 8.42 Å². The molecular formula is C13H27NO2S. The molecule has 1 rings (SSSR count). The van der Waals surface area contributed by atoms with Crippen molar-refractivity contribution in [2.24, 2.45) is 16.7 Å². The van der Waals surface area contributed by atoms with Gasteiger partial charge in [-0.2, -0.15) is 0 Å². The molecular weight excluding hydrogens is 234 g/mol. The van der Waals surface area contributed by atoms with Crippen LogP contribution >= 0.6 is 0 Å². The number of hydrogen-bond acceptors (Lipinski definition) is 3. The van der Waals surface area contributed by atoms with Crippen molar-refractivity contribution in [3.63, 3.8) is 0 Å². The van der Waals surface area contributed by atoms with Crippen LogP contribution in [0.15, 0.2) is 0 Å². The average molecular weight is 261 g/mol. The molecule has 0 aromatic heterocycles. The van der Waals surface area contributed by atoms with Crippen LogP contribution in [-0.4, -0.2) is 33.5 Å². The van der Waals surface area contributed by atoms with Gasteiger partial charge in [0.2, 0.25) is 0 Å². The summed E-state index contributed by atoms with van der Waals surface area (Å²) in [6.45, 7) is 9.22. The Labute approximate surface area is 106 Å². The van der Waals surface area contributed by atoms with E-state index < -0.39 is 9.84 Å². The largest absolute Gasteiger partial charge is 0.317 e. The summed E-state index contributed by atoms with van der Waals surface area (Å²) in [6, 6.07) is 0.432. The maximum atomic E-state index is 11.1. The summed E-state index contributed by atoms with van der Waals surface area (Å²) in [4.78, 5) is 0. The van der Waals surface area contributed by atoms with Gasteiger partial charge in [0.15, 0.2) is 0 Å². The lowest BCUT2D eigenvalue weighted by atomic mass is 10.0. The van der Waals surface area contributed by atoms with Gasteiger partial charge in [-0.1, -0.05) is 27.7 Å². The Hall–Kier alpha value is -0.0900. The molecule has 1 N–H and O–H groups in total. The third kappa shape index (κ3) is 3.02. The van der Waals surface area contributed by atoms with Crippen LogP contribution in [0.3, 0.4) is 0 Å². The van der Waals surface area contributed by atoms with E-state index in [4.69, 9.17) is 0 Å². The summed E-state index contributed by atoms with van der Waals surface area (Å²) >= 11 is 0. The highest BCUT2D eigenvalue weighted by Crippen LogP contribution is 2.69. The van der Waals surface area contributed by atoms with E-state index in [2.05, 4.69) is 33.0 Å². The normalized spacial score (nSPS) is 24.6. The fourth-order valence-corrected chi connectivity index (χ4v) is 3.99. The van der Waals surface area contributed by atoms with Crippen LogP contribution in [0.1, 0.15) is 40.5 Å². The second kappa shape index (κ2) is 4.54. The molecule has 1 saturated carbocycles. The first-order valence-electron chi connectivity index (χ1n) is 6.39. The lowest BCUT2D eigenvalue weighted by molar-refractivity contribution is 0.397. The van der Waals surface area contributed by atoms with E-state index in [1.165, 1.54) is 6.26 Å². The van der Waals surface area contributed by atoms with Crippen LogP contribution in [0.4, 0.5) is 0 Å². The first-order valence-corrected chi connectivity index (χ1v) is 8.45. The molecule has 0 aliphatic heterocycles. The molecule has 0 spiro atoms. The summed E-state index contributed by atoms with van der Waals surface area (Å²) in [7, 11) is -0.837. The van der Waals surface area contributed by atoms with Gasteiger partial charge in [0.25, 0.3) is 0 Å². The van der Waals surface area contributed by atoms with Crippen LogP contribution in [0.5, 0.6) is 0 Å². The Kier molecular flexibility index (Phi) is 4.00. The monoisotopic (exact) mass is 261 g/mol. The van der Waals surface area contributed by atoms with Gasteiger partial charge in [0.1, 0.15) is 9.84 Å². The van der Waals surface area contributed by atoms with Crippen molar-refractivity contribution in [3.8, 4) is 0 Å². The maximum absolute atomic E-state index is 11.1. The van der Waals surface area contributed by atoms with Gasteiger partial charge in [0, 0.05) is 18.1 Å². The SMILES string of the molecule is CNC(CCCS(C)(=O)=O)C1C(C)(C)C1(C)C. The van der Waals surface area contributed by atoms with E-state index >= 15 is 0 Å². The fraction of sp³-hybridized carbons (Fsp3) is 1.00. The number of hydrogen-bond donors (Lipinski definition) is 1. The van der Waals surface area contributed by atoms with E-state index in [1.54, 1.807) is 0 Å². The fourth-order valence-electron chi connectivity index (χ4n) is 3.30. The molecule has 0 amide bonds. The highest BCUT2D eigenvalue weighted by atomic mass is 32.2. The number of rotatable bonds is 6. The summed E-state index contributed by atoms with van der Waals surface area (Å²) in [5.41, 5.74) is 0.706. The quantitative estimate of drug-likeness (QED) is 0.796. The van der Waals surface area contributed by atoms with Crippen molar-refractivity contribution < 1.29 is 8.42 Å². The highest BCUT2D eigenvalue weighted by molar-refractivity contribution is 7.90. The zero-order valence-corrected chi connectivity index (χ0v) is 12.8. The van der Waals surface area contributed by atoms with Gasteiger partial charge in [-0.25, -0.2) is 8.42 Å². The van der Waals surface area contributed by atoms with Crippen LogP contribution in [0.2, 0.25) is 0 Å². The van der Waals surface area contributed by atoms with Gasteiger partial charge in [-0.15, -0.1) is 0 Å². The minimum Gasteiger partial charge on any atom is -0.317 e. The molecule has 0 radical (unpaired) electrons. The molecule has 102 valence electrons. The number of nitrogens with one attached hydrogen (secondary N) is 1. The molecule has 0 heterocycles. The lowest BCUT2D eigenvalue weighted by Gasteiger charge is -2.18. The standard InChI is InChI=1S/C13H27NO2S/c1-12(2)11(13(12,3)4)10(14-5)8-7-9-17(6,15)16/h10-11,14H,7-9H2,1-6H3. The van der Waals surface area contributed by atoms with E-state index in [-0.39, 0.29) is 0 Å². The maximum Gasteiger partial charge on any atom is 0.147 e. The zero-order valence-electron chi connectivity index (χ0n) is 12.0. The summed E-state index contributed by atoms with van der Waals surface area (Å²) in [5.74, 6) is 0.943. The topological polar surface area (TPSA) is 46.2 Å². The summed E-state index contributed by atoms with van der Waals surface area (Å²) in [6.07, 6.45) is 3.01. The van der Waals surface area contributed by atoms with Crippen molar-refractivity contribution >= 4 is 9.84 Å². The molecule has 3 nitrogen and oxygen atoms in total. The Morgan fingerprint density at radius 3 is 1.94 bits per heavy atom. The lowest BCUT2D eigenvalue weighted by Crippen LogP contribution is -2.30. The molecule has 0 bridgehead atoms. The summed E-state index contributed by atoms with van der Waals surface area (Å²) < 4.78 is 22.2. The highest BCUT2D eigenvalue weighted by Gasteiger charge is 2.66. The molecule has 0 aromatic carbocycles. The van der Waals surface area contributed by atoms with E-state index in [0.29, 0.717) is 28.5 Å². The second-order valence-corrected chi connectivity index (χ2v) is 8.85. The predicted molar refractivity (Wildman–Crippen MR) is 72.8 cm³/mol. The van der Waals surface area contributed by atoms with Gasteiger partial charge < -0.3 is 5.32 Å². The Balaban J connectivity index is 2.52. The van der Waals surface area contributed by atoms with Gasteiger partial charge in [-0.05, 0) is 36.6 Å². The van der Waals surface area contributed by atoms with Gasteiger partial charge >= 0.3 is 0 Å². The molecule has 4 heteroatoms. The van der Waals surface area contributed by atoms with Crippen molar-refractivity contribution in [1.82, 2.24) is 5.32 Å². The molecule has 17 heavy (non-hydrogen) atoms. The van der Waals surface area contributed by atoms with Crippen LogP contribution in [-0.2, 0) is 9.84 Å². The van der Waals surface area contributed by atoms with Crippen LogP contribution in [0, 0.1) is 16.7 Å². The molecule has 1 fully saturated rings. The zero-order chi connectivity index (χ0) is 13.5. The Bertz CT molecular complexity index is 357. The predicted octanol–water partition coefficient (Wildman–Crippen LogP) is 2.08. The first-order chi connectivity index (χ1) is 7.54. The molecule has 1 unspecified atom stereocenters. The molecule has 1 atom stereocenters. The van der Waals surface area contributed by atoms with E-state index in [0.717, 1.165) is 12.8 Å². The molecule has 0 aromatic rings. The van der Waals surface area contributed by atoms with E-state index in [1.807, 2.05) is 7.05 Å². The third-order valence-electron chi connectivity index (χ3n) is 4.94. The molecule has 1 aliphatic carbocycles. The molecule has 1 aliphatic rings. The minimum absolute atomic E-state index is 0.304. The van der Waals surface area contributed by atoms with Crippen molar-refractivity contribution in [2.45, 2.75) is 46.6 Å². The first kappa shape index (κ1) is 15.0. The second-order valence-electron chi connectivity index (χ2n) is 6.59. The van der Waals surface area contributed by atoms with Crippen LogP contribution < -0.4 is 5.32 Å². The van der Waals surface area contributed by atoms with Crippen molar-refractivity contribution in [3.05, 3.63) is 0 Å². The van der Waals surface area contributed by atoms with Crippen LogP contribution in [0.25, 0.3) is 0 Å². The van der Waals surface area contributed by atoms with Gasteiger partial charge in [-0.3, -0.25) is 0 Å². The molecule has 0 saturated heterocycles. The van der Waals surface area contributed by atoms with Gasteiger partial charge in [0.05, 0.1) is 0 Å². The Morgan fingerprint density at radius 1 is 1.18 bits per heavy atom. The smallest absolute Gasteiger partial charge is 0.147 e.